The predicted molar refractivity (Wildman–Crippen MR) is 96.3 cm³/mol. The molecule has 1 amide bonds. The van der Waals surface area contributed by atoms with Crippen LogP contribution in [0.2, 0.25) is 0 Å². The molecule has 2 heterocycles. The molecule has 0 N–H and O–H groups in total. The molecule has 1 aliphatic heterocycles. The molecule has 5 heteroatoms. The first-order valence-corrected chi connectivity index (χ1v) is 8.78. The number of rotatable bonds is 2. The lowest BCUT2D eigenvalue weighted by atomic mass is 10.0. The Kier molecular flexibility index (Phi) is 4.58. The molecule has 0 radical (unpaired) electrons. The Labute approximate surface area is 148 Å². The highest BCUT2D eigenvalue weighted by Crippen LogP contribution is 2.35. The summed E-state index contributed by atoms with van der Waals surface area (Å²) in [5, 5.41) is 4.23. The number of likely N-dealkylation sites (tertiary alicyclic amines) is 1. The average Bonchev–Trinajstić information content (AvgIpc) is 3.13. The molecule has 1 unspecified atom stereocenters. The Balaban J connectivity index is 1.82. The highest BCUT2D eigenvalue weighted by Gasteiger charge is 2.35. The Morgan fingerprint density at radius 1 is 1.20 bits per heavy atom. The maximum absolute atomic E-state index is 12.5. The van der Waals surface area contributed by atoms with Gasteiger partial charge in [-0.15, -0.1) is 0 Å². The van der Waals surface area contributed by atoms with Crippen molar-refractivity contribution in [1.29, 1.82) is 0 Å². The molecule has 2 aromatic rings. The highest BCUT2D eigenvalue weighted by molar-refractivity contribution is 5.69. The van der Waals surface area contributed by atoms with Gasteiger partial charge in [-0.25, -0.2) is 4.79 Å². The summed E-state index contributed by atoms with van der Waals surface area (Å²) >= 11 is 0. The van der Waals surface area contributed by atoms with Crippen molar-refractivity contribution in [1.82, 2.24) is 10.1 Å². The number of benzene rings is 1. The summed E-state index contributed by atoms with van der Waals surface area (Å²) in [5.74, 6) is 0.720. The summed E-state index contributed by atoms with van der Waals surface area (Å²) in [6.07, 6.45) is 1.50. The number of hydrogen-bond donors (Lipinski definition) is 0. The highest BCUT2D eigenvalue weighted by atomic mass is 16.6. The molecule has 3 rings (SSSR count). The van der Waals surface area contributed by atoms with E-state index in [-0.39, 0.29) is 12.1 Å². The van der Waals surface area contributed by atoms with Crippen LogP contribution < -0.4 is 0 Å². The summed E-state index contributed by atoms with van der Waals surface area (Å²) in [4.78, 5) is 14.2. The van der Waals surface area contributed by atoms with E-state index in [2.05, 4.69) is 37.2 Å². The van der Waals surface area contributed by atoms with Crippen molar-refractivity contribution >= 4 is 6.09 Å². The molecule has 1 saturated heterocycles. The molecular weight excluding hydrogens is 316 g/mol. The van der Waals surface area contributed by atoms with E-state index >= 15 is 0 Å². The maximum Gasteiger partial charge on any atom is 0.410 e. The van der Waals surface area contributed by atoms with E-state index in [9.17, 15) is 4.79 Å². The lowest BCUT2D eigenvalue weighted by molar-refractivity contribution is 0.0204. The zero-order chi connectivity index (χ0) is 18.2. The van der Waals surface area contributed by atoms with E-state index in [1.165, 1.54) is 11.1 Å². The molecule has 1 fully saturated rings. The Morgan fingerprint density at radius 3 is 2.52 bits per heavy atom. The van der Waals surface area contributed by atoms with Gasteiger partial charge in [-0.1, -0.05) is 22.3 Å². The topological polar surface area (TPSA) is 55.6 Å². The molecular formula is C20H26N2O3. The minimum atomic E-state index is -0.504. The minimum absolute atomic E-state index is 0.109. The minimum Gasteiger partial charge on any atom is -0.444 e. The third-order valence-corrected chi connectivity index (χ3v) is 4.26. The SMILES string of the molecule is Cc1cc(C)cc(-c2cc(C3CCCN3C(=O)OC(C)(C)C)on2)c1. The van der Waals surface area contributed by atoms with Gasteiger partial charge in [0.1, 0.15) is 11.3 Å². The molecule has 0 bridgehead atoms. The normalized spacial score (nSPS) is 17.8. The zero-order valence-corrected chi connectivity index (χ0v) is 15.6. The molecule has 1 aromatic carbocycles. The third-order valence-electron chi connectivity index (χ3n) is 4.26. The van der Waals surface area contributed by atoms with Gasteiger partial charge >= 0.3 is 6.09 Å². The first-order chi connectivity index (χ1) is 11.7. The monoisotopic (exact) mass is 342 g/mol. The first kappa shape index (κ1) is 17.5. The second-order valence-electron chi connectivity index (χ2n) is 7.82. The molecule has 0 spiro atoms. The van der Waals surface area contributed by atoms with Crippen LogP contribution in [-0.2, 0) is 4.74 Å². The fourth-order valence-electron chi connectivity index (χ4n) is 3.31. The van der Waals surface area contributed by atoms with E-state index in [0.29, 0.717) is 6.54 Å². The van der Waals surface area contributed by atoms with Gasteiger partial charge in [-0.2, -0.15) is 0 Å². The van der Waals surface area contributed by atoms with E-state index < -0.39 is 5.60 Å². The number of amides is 1. The molecule has 1 aliphatic rings. The molecule has 5 nitrogen and oxygen atoms in total. The molecule has 0 aliphatic carbocycles. The van der Waals surface area contributed by atoms with Crippen LogP contribution in [0.5, 0.6) is 0 Å². The van der Waals surface area contributed by atoms with Crippen molar-refractivity contribution in [2.24, 2.45) is 0 Å². The van der Waals surface area contributed by atoms with Gasteiger partial charge in [0.05, 0.1) is 6.04 Å². The second kappa shape index (κ2) is 6.54. The Morgan fingerprint density at radius 2 is 1.88 bits per heavy atom. The van der Waals surface area contributed by atoms with Crippen molar-refractivity contribution in [2.75, 3.05) is 6.54 Å². The van der Waals surface area contributed by atoms with Crippen molar-refractivity contribution < 1.29 is 14.1 Å². The molecule has 134 valence electrons. The number of ether oxygens (including phenoxy) is 1. The quantitative estimate of drug-likeness (QED) is 0.768. The summed E-state index contributed by atoms with van der Waals surface area (Å²) in [6, 6.07) is 8.15. The van der Waals surface area contributed by atoms with E-state index in [1.54, 1.807) is 4.90 Å². The van der Waals surface area contributed by atoms with Gasteiger partial charge < -0.3 is 9.26 Å². The van der Waals surface area contributed by atoms with Gasteiger partial charge in [0.15, 0.2) is 5.76 Å². The smallest absolute Gasteiger partial charge is 0.410 e. The van der Waals surface area contributed by atoms with Gasteiger partial charge in [0, 0.05) is 18.2 Å². The van der Waals surface area contributed by atoms with Crippen LogP contribution in [0.4, 0.5) is 4.79 Å². The predicted octanol–water partition coefficient (Wildman–Crippen LogP) is 5.03. The third kappa shape index (κ3) is 4.03. The van der Waals surface area contributed by atoms with Crippen molar-refractivity contribution in [2.45, 2.75) is 59.1 Å². The van der Waals surface area contributed by atoms with Gasteiger partial charge in [0.2, 0.25) is 0 Å². The Hall–Kier alpha value is -2.30. The van der Waals surface area contributed by atoms with Crippen LogP contribution in [0.25, 0.3) is 11.3 Å². The number of aromatic nitrogens is 1. The van der Waals surface area contributed by atoms with Crippen LogP contribution in [0.15, 0.2) is 28.8 Å². The van der Waals surface area contributed by atoms with Crippen LogP contribution >= 0.6 is 0 Å². The molecule has 1 aromatic heterocycles. The van der Waals surface area contributed by atoms with Crippen LogP contribution in [0.1, 0.15) is 56.5 Å². The van der Waals surface area contributed by atoms with E-state index in [0.717, 1.165) is 29.9 Å². The number of aryl methyl sites for hydroxylation is 2. The second-order valence-corrected chi connectivity index (χ2v) is 7.82. The molecule has 0 saturated carbocycles. The number of carbonyl (C=O) groups is 1. The lowest BCUT2D eigenvalue weighted by Crippen LogP contribution is -2.36. The van der Waals surface area contributed by atoms with Crippen molar-refractivity contribution in [3.8, 4) is 11.3 Å². The van der Waals surface area contributed by atoms with E-state index in [1.807, 2.05) is 26.8 Å². The molecule has 25 heavy (non-hydrogen) atoms. The fourth-order valence-corrected chi connectivity index (χ4v) is 3.31. The lowest BCUT2D eigenvalue weighted by Gasteiger charge is -2.27. The standard InChI is InChI=1S/C20H26N2O3/c1-13-9-14(2)11-15(10-13)16-12-18(25-21-16)17-7-6-8-22(17)19(23)24-20(3,4)5/h9-12,17H,6-8H2,1-5H3. The van der Waals surface area contributed by atoms with Crippen molar-refractivity contribution in [3.05, 3.63) is 41.2 Å². The Bertz CT molecular complexity index is 753. The summed E-state index contributed by atoms with van der Waals surface area (Å²) < 4.78 is 11.1. The fraction of sp³-hybridized carbons (Fsp3) is 0.500. The summed E-state index contributed by atoms with van der Waals surface area (Å²) in [5.41, 5.74) is 3.72. The number of nitrogens with zero attached hydrogens (tertiary/aromatic N) is 2. The maximum atomic E-state index is 12.5. The van der Waals surface area contributed by atoms with Crippen molar-refractivity contribution in [3.63, 3.8) is 0 Å². The number of hydrogen-bond acceptors (Lipinski definition) is 4. The van der Waals surface area contributed by atoms with Gasteiger partial charge in [-0.3, -0.25) is 4.90 Å². The molecule has 1 atom stereocenters. The largest absolute Gasteiger partial charge is 0.444 e. The van der Waals surface area contributed by atoms with Crippen LogP contribution in [0, 0.1) is 13.8 Å². The van der Waals surface area contributed by atoms with Crippen LogP contribution in [0.3, 0.4) is 0 Å². The zero-order valence-electron chi connectivity index (χ0n) is 15.6. The summed E-state index contributed by atoms with van der Waals surface area (Å²) in [7, 11) is 0. The summed E-state index contributed by atoms with van der Waals surface area (Å²) in [6.45, 7) is 10.4. The number of carbonyl (C=O) groups excluding carboxylic acids is 1. The van der Waals surface area contributed by atoms with Gasteiger partial charge in [0.25, 0.3) is 0 Å². The van der Waals surface area contributed by atoms with E-state index in [4.69, 9.17) is 9.26 Å². The first-order valence-electron chi connectivity index (χ1n) is 8.78. The van der Waals surface area contributed by atoms with Crippen LogP contribution in [-0.4, -0.2) is 28.3 Å². The average molecular weight is 342 g/mol. The van der Waals surface area contributed by atoms with Gasteiger partial charge in [-0.05, 0) is 59.6 Å².